The third-order valence-electron chi connectivity index (χ3n) is 3.65. The first-order valence-electron chi connectivity index (χ1n) is 8.26. The molecule has 1 N–H and O–H groups in total. The quantitative estimate of drug-likeness (QED) is 0.530. The maximum atomic E-state index is 12.3. The Morgan fingerprint density at radius 1 is 1.19 bits per heavy atom. The van der Waals surface area contributed by atoms with Gasteiger partial charge < -0.3 is 9.88 Å². The van der Waals surface area contributed by atoms with Crippen molar-refractivity contribution in [2.24, 2.45) is 5.92 Å². The summed E-state index contributed by atoms with van der Waals surface area (Å²) >= 11 is 13.4. The molecule has 3 aromatic rings. The van der Waals surface area contributed by atoms with Crippen molar-refractivity contribution in [2.75, 3.05) is 11.1 Å². The number of rotatable bonds is 6. The van der Waals surface area contributed by atoms with Crippen LogP contribution in [0.25, 0.3) is 11.0 Å². The van der Waals surface area contributed by atoms with Crippen LogP contribution in [0.3, 0.4) is 0 Å². The van der Waals surface area contributed by atoms with Crippen molar-refractivity contribution in [3.8, 4) is 0 Å². The van der Waals surface area contributed by atoms with E-state index in [0.29, 0.717) is 21.7 Å². The van der Waals surface area contributed by atoms with Crippen molar-refractivity contribution in [1.82, 2.24) is 9.55 Å². The number of nitrogens with zero attached hydrogens (tertiary/aromatic N) is 2. The summed E-state index contributed by atoms with van der Waals surface area (Å²) in [6, 6.07) is 13.0. The van der Waals surface area contributed by atoms with E-state index in [1.165, 1.54) is 11.8 Å². The fourth-order valence-electron chi connectivity index (χ4n) is 2.66. The van der Waals surface area contributed by atoms with Gasteiger partial charge in [0, 0.05) is 22.3 Å². The summed E-state index contributed by atoms with van der Waals surface area (Å²) in [6.45, 7) is 5.19. The number of anilines is 1. The number of benzene rings is 2. The van der Waals surface area contributed by atoms with Gasteiger partial charge in [0.2, 0.25) is 5.91 Å². The first kappa shape index (κ1) is 19.1. The Bertz CT molecular complexity index is 919. The maximum Gasteiger partial charge on any atom is 0.234 e. The minimum atomic E-state index is -0.128. The molecule has 0 radical (unpaired) electrons. The Kier molecular flexibility index (Phi) is 6.12. The fourth-order valence-corrected chi connectivity index (χ4v) is 4.01. The Morgan fingerprint density at radius 3 is 2.58 bits per heavy atom. The molecule has 0 saturated heterocycles. The van der Waals surface area contributed by atoms with Crippen LogP contribution in [0, 0.1) is 5.92 Å². The second-order valence-electron chi connectivity index (χ2n) is 6.38. The molecule has 0 aliphatic rings. The van der Waals surface area contributed by atoms with Gasteiger partial charge in [0.05, 0.1) is 16.8 Å². The Balaban J connectivity index is 1.73. The molecule has 1 amide bonds. The molecule has 1 aromatic heterocycles. The van der Waals surface area contributed by atoms with Crippen molar-refractivity contribution in [1.29, 1.82) is 0 Å². The largest absolute Gasteiger partial charge is 0.325 e. The minimum absolute atomic E-state index is 0.128. The van der Waals surface area contributed by atoms with Crippen LogP contribution in [0.5, 0.6) is 0 Å². The molecular weight excluding hydrogens is 389 g/mol. The molecule has 0 atom stereocenters. The lowest BCUT2D eigenvalue weighted by Crippen LogP contribution is -2.15. The van der Waals surface area contributed by atoms with Crippen molar-refractivity contribution in [3.05, 3.63) is 52.5 Å². The number of thioether (sulfide) groups is 1. The summed E-state index contributed by atoms with van der Waals surface area (Å²) < 4.78 is 2.17. The number of hydrogen-bond acceptors (Lipinski definition) is 3. The van der Waals surface area contributed by atoms with Crippen molar-refractivity contribution >= 4 is 57.6 Å². The highest BCUT2D eigenvalue weighted by Crippen LogP contribution is 2.26. The first-order chi connectivity index (χ1) is 12.4. The predicted molar refractivity (Wildman–Crippen MR) is 110 cm³/mol. The van der Waals surface area contributed by atoms with E-state index >= 15 is 0 Å². The van der Waals surface area contributed by atoms with Gasteiger partial charge in [0.15, 0.2) is 5.16 Å². The molecule has 136 valence electrons. The van der Waals surface area contributed by atoms with Gasteiger partial charge in [-0.2, -0.15) is 0 Å². The SMILES string of the molecule is CC(C)Cn1c(SCC(=O)Nc2cc(Cl)cc(Cl)c2)nc2ccccc21. The van der Waals surface area contributed by atoms with E-state index in [0.717, 1.165) is 22.7 Å². The number of aromatic nitrogens is 2. The van der Waals surface area contributed by atoms with Gasteiger partial charge in [0.1, 0.15) is 0 Å². The second kappa shape index (κ2) is 8.33. The summed E-state index contributed by atoms with van der Waals surface area (Å²) in [7, 11) is 0. The number of amides is 1. The molecule has 2 aromatic carbocycles. The van der Waals surface area contributed by atoms with E-state index in [4.69, 9.17) is 23.2 Å². The second-order valence-corrected chi connectivity index (χ2v) is 8.20. The zero-order valence-corrected chi connectivity index (χ0v) is 16.8. The summed E-state index contributed by atoms with van der Waals surface area (Å²) in [5.41, 5.74) is 2.62. The van der Waals surface area contributed by atoms with Crippen molar-refractivity contribution in [2.45, 2.75) is 25.5 Å². The number of para-hydroxylation sites is 2. The minimum Gasteiger partial charge on any atom is -0.325 e. The molecule has 3 rings (SSSR count). The highest BCUT2D eigenvalue weighted by atomic mass is 35.5. The highest BCUT2D eigenvalue weighted by molar-refractivity contribution is 7.99. The standard InChI is InChI=1S/C19H19Cl2N3OS/c1-12(2)10-24-17-6-4-3-5-16(17)23-19(24)26-11-18(25)22-15-8-13(20)7-14(21)9-15/h3-9,12H,10-11H2,1-2H3,(H,22,25). The molecule has 0 unspecified atom stereocenters. The van der Waals surface area contributed by atoms with E-state index in [-0.39, 0.29) is 11.7 Å². The van der Waals surface area contributed by atoms with Crippen LogP contribution in [0.1, 0.15) is 13.8 Å². The van der Waals surface area contributed by atoms with E-state index in [1.807, 2.05) is 18.2 Å². The van der Waals surface area contributed by atoms with Crippen LogP contribution in [-0.2, 0) is 11.3 Å². The molecular formula is C19H19Cl2N3OS. The third-order valence-corrected chi connectivity index (χ3v) is 5.06. The molecule has 7 heteroatoms. The van der Waals surface area contributed by atoms with E-state index < -0.39 is 0 Å². The molecule has 26 heavy (non-hydrogen) atoms. The van der Waals surface area contributed by atoms with Gasteiger partial charge in [-0.3, -0.25) is 4.79 Å². The number of carbonyl (C=O) groups is 1. The molecule has 0 fully saturated rings. The number of halogens is 2. The Morgan fingerprint density at radius 2 is 1.88 bits per heavy atom. The van der Waals surface area contributed by atoms with E-state index in [2.05, 4.69) is 34.8 Å². The van der Waals surface area contributed by atoms with Crippen LogP contribution in [-0.4, -0.2) is 21.2 Å². The number of nitrogens with one attached hydrogen (secondary N) is 1. The van der Waals surface area contributed by atoms with Gasteiger partial charge in [-0.15, -0.1) is 0 Å². The lowest BCUT2D eigenvalue weighted by Gasteiger charge is -2.11. The molecule has 4 nitrogen and oxygen atoms in total. The van der Waals surface area contributed by atoms with Gasteiger partial charge in [-0.05, 0) is 36.2 Å². The molecule has 0 spiro atoms. The summed E-state index contributed by atoms with van der Waals surface area (Å²) in [5.74, 6) is 0.608. The van der Waals surface area contributed by atoms with Crippen LogP contribution in [0.2, 0.25) is 10.0 Å². The number of carbonyl (C=O) groups excluding carboxylic acids is 1. The smallest absolute Gasteiger partial charge is 0.234 e. The van der Waals surface area contributed by atoms with Crippen LogP contribution >= 0.6 is 35.0 Å². The van der Waals surface area contributed by atoms with Crippen LogP contribution in [0.4, 0.5) is 5.69 Å². The van der Waals surface area contributed by atoms with Crippen molar-refractivity contribution < 1.29 is 4.79 Å². The van der Waals surface area contributed by atoms with Gasteiger partial charge in [0.25, 0.3) is 0 Å². The van der Waals surface area contributed by atoms with E-state index in [1.54, 1.807) is 18.2 Å². The molecule has 0 bridgehead atoms. The molecule has 0 saturated carbocycles. The Labute approximate surface area is 166 Å². The van der Waals surface area contributed by atoms with Gasteiger partial charge in [-0.25, -0.2) is 4.98 Å². The van der Waals surface area contributed by atoms with Crippen LogP contribution in [0.15, 0.2) is 47.6 Å². The molecule has 0 aliphatic carbocycles. The molecule has 1 heterocycles. The zero-order chi connectivity index (χ0) is 18.7. The number of fused-ring (bicyclic) bond motifs is 1. The highest BCUT2D eigenvalue weighted by Gasteiger charge is 2.14. The summed E-state index contributed by atoms with van der Waals surface area (Å²) in [4.78, 5) is 17.0. The lowest BCUT2D eigenvalue weighted by atomic mass is 10.2. The monoisotopic (exact) mass is 407 g/mol. The van der Waals surface area contributed by atoms with Crippen LogP contribution < -0.4 is 5.32 Å². The zero-order valence-electron chi connectivity index (χ0n) is 14.5. The summed E-state index contributed by atoms with van der Waals surface area (Å²) in [5, 5.41) is 4.64. The first-order valence-corrected chi connectivity index (χ1v) is 10.0. The average Bonchev–Trinajstić information content (AvgIpc) is 2.89. The Hall–Kier alpha value is -1.69. The van der Waals surface area contributed by atoms with Gasteiger partial charge in [-0.1, -0.05) is 60.9 Å². The average molecular weight is 408 g/mol. The fraction of sp³-hybridized carbons (Fsp3) is 0.263. The van der Waals surface area contributed by atoms with E-state index in [9.17, 15) is 4.79 Å². The summed E-state index contributed by atoms with van der Waals surface area (Å²) in [6.07, 6.45) is 0. The van der Waals surface area contributed by atoms with Crippen molar-refractivity contribution in [3.63, 3.8) is 0 Å². The number of hydrogen-bond donors (Lipinski definition) is 1. The topological polar surface area (TPSA) is 46.9 Å². The number of imidazole rings is 1. The van der Waals surface area contributed by atoms with Gasteiger partial charge >= 0.3 is 0 Å². The lowest BCUT2D eigenvalue weighted by molar-refractivity contribution is -0.113. The third kappa shape index (κ3) is 4.72. The molecule has 0 aliphatic heterocycles. The normalized spacial score (nSPS) is 11.3. The predicted octanol–water partition coefficient (Wildman–Crippen LogP) is 5.73. The maximum absolute atomic E-state index is 12.3.